The van der Waals surface area contributed by atoms with Crippen LogP contribution < -0.4 is 0 Å². The molecule has 0 saturated carbocycles. The summed E-state index contributed by atoms with van der Waals surface area (Å²) in [6.07, 6.45) is -2.05. The van der Waals surface area contributed by atoms with Crippen molar-refractivity contribution in [2.45, 2.75) is 6.43 Å². The summed E-state index contributed by atoms with van der Waals surface area (Å²) in [7, 11) is 0. The van der Waals surface area contributed by atoms with Crippen LogP contribution in [-0.4, -0.2) is 16.1 Å². The molecule has 0 fully saturated rings. The molecular weight excluding hydrogens is 330 g/mol. The minimum absolute atomic E-state index is 0.0285. The molecule has 0 aliphatic carbocycles. The molecule has 1 heterocycles. The van der Waals surface area contributed by atoms with Crippen LogP contribution >= 0.6 is 34.2 Å². The summed E-state index contributed by atoms with van der Waals surface area (Å²) in [6, 6.07) is 0. The van der Waals surface area contributed by atoms with Crippen LogP contribution in [0.1, 0.15) is 22.3 Å². The minimum atomic E-state index is -2.88. The number of hydrogen-bond donors (Lipinski definition) is 1. The predicted octanol–water partition coefficient (Wildman–Crippen LogP) is 2.98. The molecule has 0 atom stereocenters. The molecule has 0 amide bonds. The molecule has 3 nitrogen and oxygen atoms in total. The van der Waals surface area contributed by atoms with E-state index in [0.717, 1.165) is 6.20 Å². The third kappa shape index (κ3) is 2.11. The van der Waals surface area contributed by atoms with Crippen LogP contribution in [0.25, 0.3) is 0 Å². The molecule has 7 heteroatoms. The minimum Gasteiger partial charge on any atom is -0.478 e. The van der Waals surface area contributed by atoms with Gasteiger partial charge in [0, 0.05) is 6.20 Å². The lowest BCUT2D eigenvalue weighted by Crippen LogP contribution is -2.06. The van der Waals surface area contributed by atoms with Gasteiger partial charge in [-0.15, -0.1) is 0 Å². The zero-order chi connectivity index (χ0) is 10.9. The fourth-order valence-corrected chi connectivity index (χ4v) is 1.68. The van der Waals surface area contributed by atoms with Gasteiger partial charge in [0.25, 0.3) is 6.43 Å². The van der Waals surface area contributed by atoms with Gasteiger partial charge in [-0.3, -0.25) is 0 Å². The van der Waals surface area contributed by atoms with Gasteiger partial charge in [0.15, 0.2) is 0 Å². The zero-order valence-electron chi connectivity index (χ0n) is 6.47. The molecule has 0 spiro atoms. The van der Waals surface area contributed by atoms with Crippen LogP contribution in [-0.2, 0) is 0 Å². The van der Waals surface area contributed by atoms with Crippen molar-refractivity contribution in [3.8, 4) is 0 Å². The van der Waals surface area contributed by atoms with E-state index in [0.29, 0.717) is 0 Å². The third-order valence-corrected chi connectivity index (χ3v) is 3.16. The summed E-state index contributed by atoms with van der Waals surface area (Å²) in [5.41, 5.74) is -1.10. The highest BCUT2D eigenvalue weighted by atomic mass is 127. The maximum Gasteiger partial charge on any atom is 0.337 e. The number of nitrogens with zero attached hydrogens (tertiary/aromatic N) is 1. The molecule has 1 aromatic rings. The van der Waals surface area contributed by atoms with Crippen molar-refractivity contribution in [2.24, 2.45) is 0 Å². The number of halogens is 4. The summed E-state index contributed by atoms with van der Waals surface area (Å²) in [5.74, 6) is -1.44. The molecule has 0 unspecified atom stereocenters. The highest BCUT2D eigenvalue weighted by molar-refractivity contribution is 14.1. The smallest absolute Gasteiger partial charge is 0.337 e. The van der Waals surface area contributed by atoms with Gasteiger partial charge in [-0.1, -0.05) is 11.6 Å². The third-order valence-electron chi connectivity index (χ3n) is 1.46. The Bertz CT molecular complexity index is 386. The molecule has 0 aromatic carbocycles. The van der Waals surface area contributed by atoms with E-state index < -0.39 is 23.5 Å². The quantitative estimate of drug-likeness (QED) is 0.669. The van der Waals surface area contributed by atoms with E-state index in [9.17, 15) is 13.6 Å². The van der Waals surface area contributed by atoms with Crippen LogP contribution in [0.4, 0.5) is 8.78 Å². The molecule has 0 radical (unpaired) electrons. The largest absolute Gasteiger partial charge is 0.478 e. The first-order valence-corrected chi connectivity index (χ1v) is 4.76. The van der Waals surface area contributed by atoms with E-state index in [2.05, 4.69) is 4.98 Å². The fourth-order valence-electron chi connectivity index (χ4n) is 0.861. The van der Waals surface area contributed by atoms with E-state index >= 15 is 0 Å². The second-order valence-electron chi connectivity index (χ2n) is 2.30. The second-order valence-corrected chi connectivity index (χ2v) is 3.73. The number of carboxylic acid groups (broad SMARTS) is 1. The summed E-state index contributed by atoms with van der Waals surface area (Å²) >= 11 is 7.03. The SMILES string of the molecule is O=C(O)c1cnc(Cl)c(I)c1C(F)F. The Hall–Kier alpha value is -0.500. The van der Waals surface area contributed by atoms with E-state index in [1.54, 1.807) is 22.6 Å². The standard InChI is InChI=1S/C7H3ClF2INO2/c8-5-4(11)3(6(9)10)2(1-12-5)7(13)14/h1,6H,(H,13,14). The molecular formula is C7H3ClF2INO2. The molecule has 0 saturated heterocycles. The van der Waals surface area contributed by atoms with Crippen molar-refractivity contribution in [2.75, 3.05) is 0 Å². The molecule has 0 aliphatic heterocycles. The predicted molar refractivity (Wildman–Crippen MR) is 53.9 cm³/mol. The number of rotatable bonds is 2. The monoisotopic (exact) mass is 333 g/mol. The normalized spacial score (nSPS) is 10.6. The van der Waals surface area contributed by atoms with Crippen molar-refractivity contribution in [1.29, 1.82) is 0 Å². The topological polar surface area (TPSA) is 50.2 Å². The first-order valence-electron chi connectivity index (χ1n) is 3.30. The van der Waals surface area contributed by atoms with Gasteiger partial charge in [-0.2, -0.15) is 0 Å². The summed E-state index contributed by atoms with van der Waals surface area (Å²) in [5, 5.41) is 8.49. The second kappa shape index (κ2) is 4.35. The zero-order valence-corrected chi connectivity index (χ0v) is 9.38. The average molecular weight is 333 g/mol. The van der Waals surface area contributed by atoms with E-state index in [1.165, 1.54) is 0 Å². The average Bonchev–Trinajstić information content (AvgIpc) is 2.08. The molecule has 76 valence electrons. The first-order chi connectivity index (χ1) is 6.45. The summed E-state index contributed by atoms with van der Waals surface area (Å²) in [4.78, 5) is 14.1. The fraction of sp³-hybridized carbons (Fsp3) is 0.143. The lowest BCUT2D eigenvalue weighted by atomic mass is 10.1. The maximum absolute atomic E-state index is 12.5. The van der Waals surface area contributed by atoms with Crippen LogP contribution in [0.2, 0.25) is 5.15 Å². The van der Waals surface area contributed by atoms with E-state index in [-0.39, 0.29) is 8.72 Å². The van der Waals surface area contributed by atoms with Crippen LogP contribution in [0, 0.1) is 3.57 Å². The van der Waals surface area contributed by atoms with Crippen molar-refractivity contribution in [3.63, 3.8) is 0 Å². The Balaban J connectivity index is 3.45. The van der Waals surface area contributed by atoms with Gasteiger partial charge in [0.2, 0.25) is 0 Å². The Morgan fingerprint density at radius 3 is 2.64 bits per heavy atom. The maximum atomic E-state index is 12.5. The number of pyridine rings is 1. The van der Waals surface area contributed by atoms with Crippen LogP contribution in [0.5, 0.6) is 0 Å². The summed E-state index contributed by atoms with van der Waals surface area (Å²) < 4.78 is 24.9. The lowest BCUT2D eigenvalue weighted by molar-refractivity contribution is 0.0683. The number of carboxylic acids is 1. The molecule has 14 heavy (non-hydrogen) atoms. The number of carbonyl (C=O) groups is 1. The van der Waals surface area contributed by atoms with Gasteiger partial charge >= 0.3 is 5.97 Å². The molecule has 0 aliphatic rings. The van der Waals surface area contributed by atoms with Gasteiger partial charge in [-0.25, -0.2) is 18.6 Å². The molecule has 1 aromatic heterocycles. The van der Waals surface area contributed by atoms with Crippen molar-refractivity contribution in [3.05, 3.63) is 26.0 Å². The molecule has 0 bridgehead atoms. The van der Waals surface area contributed by atoms with Gasteiger partial charge in [-0.05, 0) is 22.6 Å². The van der Waals surface area contributed by atoms with Crippen LogP contribution in [0.15, 0.2) is 6.20 Å². The number of aromatic carboxylic acids is 1. The van der Waals surface area contributed by atoms with Crippen LogP contribution in [0.3, 0.4) is 0 Å². The van der Waals surface area contributed by atoms with Crippen molar-refractivity contribution in [1.82, 2.24) is 4.98 Å². The Kier molecular flexibility index (Phi) is 3.59. The Labute approximate surface area is 96.2 Å². The van der Waals surface area contributed by atoms with Gasteiger partial charge in [0.1, 0.15) is 5.15 Å². The number of alkyl halides is 2. The Morgan fingerprint density at radius 1 is 1.64 bits per heavy atom. The molecule has 1 N–H and O–H groups in total. The van der Waals surface area contributed by atoms with Gasteiger partial charge < -0.3 is 5.11 Å². The van der Waals surface area contributed by atoms with Crippen molar-refractivity contribution < 1.29 is 18.7 Å². The van der Waals surface area contributed by atoms with E-state index in [4.69, 9.17) is 16.7 Å². The molecule has 1 rings (SSSR count). The highest BCUT2D eigenvalue weighted by Gasteiger charge is 2.23. The summed E-state index contributed by atoms with van der Waals surface area (Å²) in [6.45, 7) is 0. The first kappa shape index (κ1) is 11.6. The van der Waals surface area contributed by atoms with Gasteiger partial charge in [0.05, 0.1) is 14.7 Å². The lowest BCUT2D eigenvalue weighted by Gasteiger charge is -2.07. The Morgan fingerprint density at radius 2 is 2.21 bits per heavy atom. The number of hydrogen-bond acceptors (Lipinski definition) is 2. The highest BCUT2D eigenvalue weighted by Crippen LogP contribution is 2.31. The van der Waals surface area contributed by atoms with E-state index in [1.807, 2.05) is 0 Å². The number of aromatic nitrogens is 1. The van der Waals surface area contributed by atoms with Crippen molar-refractivity contribution >= 4 is 40.2 Å².